The van der Waals surface area contributed by atoms with Crippen LogP contribution in [-0.2, 0) is 13.6 Å². The Bertz CT molecular complexity index is 713. The Labute approximate surface area is 112 Å². The summed E-state index contributed by atoms with van der Waals surface area (Å²) in [6.45, 7) is 0.556. The number of nitrogen functional groups attached to an aromatic ring is 1. The Hall–Kier alpha value is -1.89. The van der Waals surface area contributed by atoms with Gasteiger partial charge in [0.2, 0.25) is 5.95 Å². The van der Waals surface area contributed by atoms with E-state index < -0.39 is 0 Å². The number of imidazole rings is 2. The maximum Gasteiger partial charge on any atom is 0.202 e. The first-order chi connectivity index (χ1) is 8.65. The largest absolute Gasteiger partial charge is 0.369 e. The van der Waals surface area contributed by atoms with Crippen molar-refractivity contribution < 1.29 is 0 Å². The molecular formula is C11H11BrN6. The third-order valence-electron chi connectivity index (χ3n) is 2.80. The minimum Gasteiger partial charge on any atom is -0.369 e. The van der Waals surface area contributed by atoms with Crippen molar-refractivity contribution in [1.29, 1.82) is 0 Å². The van der Waals surface area contributed by atoms with Crippen molar-refractivity contribution in [3.8, 4) is 0 Å². The molecule has 3 aromatic rings. The molecule has 0 fully saturated rings. The van der Waals surface area contributed by atoms with Crippen LogP contribution in [0.5, 0.6) is 0 Å². The number of anilines is 1. The van der Waals surface area contributed by atoms with Gasteiger partial charge >= 0.3 is 0 Å². The molecular weight excluding hydrogens is 296 g/mol. The van der Waals surface area contributed by atoms with E-state index in [0.29, 0.717) is 12.5 Å². The van der Waals surface area contributed by atoms with E-state index in [2.05, 4.69) is 30.9 Å². The number of hydrogen-bond donors (Lipinski definition) is 1. The molecule has 0 spiro atoms. The highest BCUT2D eigenvalue weighted by Gasteiger charge is 2.11. The fraction of sp³-hybridized carbons (Fsp3) is 0.182. The highest BCUT2D eigenvalue weighted by Crippen LogP contribution is 2.20. The van der Waals surface area contributed by atoms with E-state index in [9.17, 15) is 0 Å². The van der Waals surface area contributed by atoms with Gasteiger partial charge in [-0.25, -0.2) is 15.0 Å². The lowest BCUT2D eigenvalue weighted by atomic mass is 10.4. The molecule has 3 rings (SSSR count). The van der Waals surface area contributed by atoms with E-state index in [1.54, 1.807) is 12.4 Å². The first kappa shape index (κ1) is 11.2. The molecule has 0 aliphatic heterocycles. The number of nitrogens with zero attached hydrogens (tertiary/aromatic N) is 5. The second-order valence-electron chi connectivity index (χ2n) is 4.01. The summed E-state index contributed by atoms with van der Waals surface area (Å²) in [6.07, 6.45) is 5.39. The van der Waals surface area contributed by atoms with Gasteiger partial charge in [-0.05, 0) is 22.0 Å². The lowest BCUT2D eigenvalue weighted by Crippen LogP contribution is -2.09. The van der Waals surface area contributed by atoms with Gasteiger partial charge in [0.1, 0.15) is 11.3 Å². The molecule has 0 bridgehead atoms. The maximum absolute atomic E-state index is 5.93. The predicted octanol–water partition coefficient (Wildman–Crippen LogP) is 1.56. The SMILES string of the molecule is Cn1ccnc1Cn1c(N)nc2cc(Br)cnc21. The molecule has 3 heterocycles. The first-order valence-corrected chi connectivity index (χ1v) is 6.18. The molecule has 0 radical (unpaired) electrons. The van der Waals surface area contributed by atoms with Gasteiger partial charge in [0.25, 0.3) is 0 Å². The number of pyridine rings is 1. The summed E-state index contributed by atoms with van der Waals surface area (Å²) >= 11 is 3.37. The monoisotopic (exact) mass is 306 g/mol. The zero-order chi connectivity index (χ0) is 12.7. The van der Waals surface area contributed by atoms with Crippen molar-refractivity contribution >= 4 is 33.0 Å². The second kappa shape index (κ2) is 4.09. The summed E-state index contributed by atoms with van der Waals surface area (Å²) in [5, 5.41) is 0. The van der Waals surface area contributed by atoms with Crippen LogP contribution in [0.4, 0.5) is 5.95 Å². The molecule has 0 aliphatic carbocycles. The highest BCUT2D eigenvalue weighted by atomic mass is 79.9. The highest BCUT2D eigenvalue weighted by molar-refractivity contribution is 9.10. The van der Waals surface area contributed by atoms with E-state index in [1.807, 2.05) is 28.4 Å². The van der Waals surface area contributed by atoms with Crippen molar-refractivity contribution in [2.75, 3.05) is 5.73 Å². The van der Waals surface area contributed by atoms with E-state index in [0.717, 1.165) is 21.5 Å². The predicted molar refractivity (Wildman–Crippen MR) is 72.0 cm³/mol. The average molecular weight is 307 g/mol. The molecule has 92 valence electrons. The van der Waals surface area contributed by atoms with Crippen LogP contribution in [0.15, 0.2) is 29.1 Å². The third kappa shape index (κ3) is 1.76. The minimum atomic E-state index is 0.443. The van der Waals surface area contributed by atoms with Crippen LogP contribution in [0.1, 0.15) is 5.82 Å². The topological polar surface area (TPSA) is 74.5 Å². The number of fused-ring (bicyclic) bond motifs is 1. The summed E-state index contributed by atoms with van der Waals surface area (Å²) in [6, 6.07) is 1.90. The Morgan fingerprint density at radius 3 is 2.94 bits per heavy atom. The Kier molecular flexibility index (Phi) is 2.55. The fourth-order valence-corrected chi connectivity index (χ4v) is 2.17. The maximum atomic E-state index is 5.93. The van der Waals surface area contributed by atoms with E-state index in [-0.39, 0.29) is 0 Å². The van der Waals surface area contributed by atoms with Crippen molar-refractivity contribution in [2.45, 2.75) is 6.54 Å². The van der Waals surface area contributed by atoms with Crippen molar-refractivity contribution in [3.05, 3.63) is 35.0 Å². The van der Waals surface area contributed by atoms with Crippen LogP contribution < -0.4 is 5.73 Å². The molecule has 0 amide bonds. The molecule has 0 aliphatic rings. The number of halogens is 1. The van der Waals surface area contributed by atoms with Crippen LogP contribution in [0.2, 0.25) is 0 Å². The zero-order valence-electron chi connectivity index (χ0n) is 9.71. The average Bonchev–Trinajstić information content (AvgIpc) is 2.85. The van der Waals surface area contributed by atoms with Crippen LogP contribution in [0.25, 0.3) is 11.2 Å². The van der Waals surface area contributed by atoms with Crippen LogP contribution in [0.3, 0.4) is 0 Å². The third-order valence-corrected chi connectivity index (χ3v) is 3.24. The zero-order valence-corrected chi connectivity index (χ0v) is 11.3. The first-order valence-electron chi connectivity index (χ1n) is 5.38. The fourth-order valence-electron chi connectivity index (χ4n) is 1.85. The number of hydrogen-bond acceptors (Lipinski definition) is 4. The van der Waals surface area contributed by atoms with E-state index in [4.69, 9.17) is 5.73 Å². The smallest absolute Gasteiger partial charge is 0.202 e. The lowest BCUT2D eigenvalue weighted by molar-refractivity contribution is 0.716. The van der Waals surface area contributed by atoms with Gasteiger partial charge in [-0.2, -0.15) is 0 Å². The quantitative estimate of drug-likeness (QED) is 0.779. The summed E-state index contributed by atoms with van der Waals surface area (Å²) in [7, 11) is 1.95. The van der Waals surface area contributed by atoms with E-state index >= 15 is 0 Å². The van der Waals surface area contributed by atoms with Crippen molar-refractivity contribution in [2.24, 2.45) is 7.05 Å². The number of nitrogens with two attached hydrogens (primary N) is 1. The molecule has 0 saturated heterocycles. The standard InChI is InChI=1S/C11H11BrN6/c1-17-3-2-14-9(17)6-18-10-8(16-11(18)13)4-7(12)5-15-10/h2-5H,6H2,1H3,(H2,13,16). The summed E-state index contributed by atoms with van der Waals surface area (Å²) in [5.74, 6) is 1.35. The van der Waals surface area contributed by atoms with Gasteiger partial charge in [0.15, 0.2) is 5.65 Å². The Morgan fingerprint density at radius 1 is 1.39 bits per heavy atom. The lowest BCUT2D eigenvalue weighted by Gasteiger charge is -2.05. The summed E-state index contributed by atoms with van der Waals surface area (Å²) < 4.78 is 4.69. The van der Waals surface area contributed by atoms with Crippen LogP contribution >= 0.6 is 15.9 Å². The van der Waals surface area contributed by atoms with Crippen molar-refractivity contribution in [1.82, 2.24) is 24.1 Å². The molecule has 18 heavy (non-hydrogen) atoms. The minimum absolute atomic E-state index is 0.443. The number of aryl methyl sites for hydroxylation is 1. The molecule has 2 N–H and O–H groups in total. The Balaban J connectivity index is 2.11. The van der Waals surface area contributed by atoms with Crippen molar-refractivity contribution in [3.63, 3.8) is 0 Å². The van der Waals surface area contributed by atoms with Gasteiger partial charge < -0.3 is 10.3 Å². The molecule has 7 heteroatoms. The summed E-state index contributed by atoms with van der Waals surface area (Å²) in [5.41, 5.74) is 7.47. The molecule has 6 nitrogen and oxygen atoms in total. The van der Waals surface area contributed by atoms with Gasteiger partial charge in [-0.1, -0.05) is 0 Å². The second-order valence-corrected chi connectivity index (χ2v) is 4.92. The molecule has 0 unspecified atom stereocenters. The van der Waals surface area contributed by atoms with Gasteiger partial charge in [0, 0.05) is 30.1 Å². The number of rotatable bonds is 2. The normalized spacial score (nSPS) is 11.2. The van der Waals surface area contributed by atoms with E-state index in [1.165, 1.54) is 0 Å². The van der Waals surface area contributed by atoms with Crippen LogP contribution in [0, 0.1) is 0 Å². The molecule has 0 aromatic carbocycles. The summed E-state index contributed by atoms with van der Waals surface area (Å²) in [4.78, 5) is 12.9. The molecule has 3 aromatic heterocycles. The van der Waals surface area contributed by atoms with Gasteiger partial charge in [-0.15, -0.1) is 0 Å². The molecule has 0 atom stereocenters. The Morgan fingerprint density at radius 2 is 2.22 bits per heavy atom. The van der Waals surface area contributed by atoms with Gasteiger partial charge in [-0.3, -0.25) is 4.57 Å². The number of aromatic nitrogens is 5. The molecule has 0 saturated carbocycles. The van der Waals surface area contributed by atoms with Crippen LogP contribution in [-0.4, -0.2) is 24.1 Å². The van der Waals surface area contributed by atoms with Gasteiger partial charge in [0.05, 0.1) is 6.54 Å².